The van der Waals surface area contributed by atoms with Crippen LogP contribution < -0.4 is 0 Å². The van der Waals surface area contributed by atoms with Gasteiger partial charge < -0.3 is 14.5 Å². The lowest BCUT2D eigenvalue weighted by Crippen LogP contribution is -2.55. The number of carbonyl (C=O) groups is 2. The molecule has 21 heavy (non-hydrogen) atoms. The highest BCUT2D eigenvalue weighted by atomic mass is 35.5. The summed E-state index contributed by atoms with van der Waals surface area (Å²) in [4.78, 5) is 27.0. The zero-order valence-corrected chi connectivity index (χ0v) is 12.8. The molecule has 1 aromatic rings. The van der Waals surface area contributed by atoms with Crippen LogP contribution in [0.15, 0.2) is 30.3 Å². The van der Waals surface area contributed by atoms with E-state index in [2.05, 4.69) is 0 Å². The maximum absolute atomic E-state index is 12.1. The largest absolute Gasteiger partial charge is 0.445 e. The highest BCUT2D eigenvalue weighted by Gasteiger charge is 2.30. The van der Waals surface area contributed by atoms with Gasteiger partial charge in [-0.1, -0.05) is 30.3 Å². The fraction of sp³-hybridized carbons (Fsp3) is 0.467. The number of benzene rings is 1. The number of nitrogens with zero attached hydrogens (tertiary/aromatic N) is 2. The predicted molar refractivity (Wildman–Crippen MR) is 80.1 cm³/mol. The van der Waals surface area contributed by atoms with Crippen LogP contribution in [0.3, 0.4) is 0 Å². The predicted octanol–water partition coefficient (Wildman–Crippen LogP) is 2.09. The van der Waals surface area contributed by atoms with Crippen LogP contribution in [0.5, 0.6) is 0 Å². The molecule has 0 aliphatic carbocycles. The van der Waals surface area contributed by atoms with Crippen LogP contribution in [0.2, 0.25) is 0 Å². The first-order valence-corrected chi connectivity index (χ1v) is 7.46. The average molecular weight is 311 g/mol. The number of ether oxygens (including phenoxy) is 1. The number of piperazine rings is 1. The number of rotatable bonds is 3. The van der Waals surface area contributed by atoms with E-state index in [1.54, 1.807) is 9.80 Å². The molecule has 6 heteroatoms. The molecule has 2 amide bonds. The third-order valence-electron chi connectivity index (χ3n) is 3.53. The van der Waals surface area contributed by atoms with Gasteiger partial charge in [0, 0.05) is 25.7 Å². The molecule has 1 heterocycles. The second-order valence-electron chi connectivity index (χ2n) is 5.06. The van der Waals surface area contributed by atoms with Crippen LogP contribution in [-0.2, 0) is 16.1 Å². The van der Waals surface area contributed by atoms with E-state index in [4.69, 9.17) is 16.3 Å². The molecule has 1 atom stereocenters. The second kappa shape index (κ2) is 7.31. The molecule has 1 aliphatic heterocycles. The minimum Gasteiger partial charge on any atom is -0.445 e. The van der Waals surface area contributed by atoms with E-state index < -0.39 is 0 Å². The Balaban J connectivity index is 1.85. The molecule has 0 saturated carbocycles. The molecule has 0 spiro atoms. The minimum absolute atomic E-state index is 0.0226. The van der Waals surface area contributed by atoms with Crippen molar-refractivity contribution in [2.24, 2.45) is 0 Å². The van der Waals surface area contributed by atoms with Crippen LogP contribution >= 0.6 is 11.6 Å². The van der Waals surface area contributed by atoms with Gasteiger partial charge in [-0.2, -0.15) is 0 Å². The first-order chi connectivity index (χ1) is 10.1. The van der Waals surface area contributed by atoms with Crippen molar-refractivity contribution in [1.29, 1.82) is 0 Å². The van der Waals surface area contributed by atoms with Crippen LogP contribution in [0, 0.1) is 0 Å². The summed E-state index contributed by atoms with van der Waals surface area (Å²) in [7, 11) is 0. The van der Waals surface area contributed by atoms with Crippen molar-refractivity contribution in [3.05, 3.63) is 35.9 Å². The Kier molecular flexibility index (Phi) is 5.44. The number of hydrogen-bond acceptors (Lipinski definition) is 3. The van der Waals surface area contributed by atoms with Gasteiger partial charge >= 0.3 is 6.09 Å². The summed E-state index contributed by atoms with van der Waals surface area (Å²) in [5.74, 6) is -0.119. The van der Waals surface area contributed by atoms with Crippen molar-refractivity contribution in [2.45, 2.75) is 19.6 Å². The van der Waals surface area contributed by atoms with E-state index >= 15 is 0 Å². The Morgan fingerprint density at radius 1 is 1.29 bits per heavy atom. The van der Waals surface area contributed by atoms with E-state index in [0.29, 0.717) is 19.6 Å². The van der Waals surface area contributed by atoms with Crippen molar-refractivity contribution in [1.82, 2.24) is 9.80 Å². The summed E-state index contributed by atoms with van der Waals surface area (Å²) >= 11 is 5.55. The molecule has 0 N–H and O–H groups in total. The highest BCUT2D eigenvalue weighted by molar-refractivity contribution is 6.27. The molecule has 0 radical (unpaired) electrons. The molecule has 0 unspecified atom stereocenters. The van der Waals surface area contributed by atoms with E-state index in [0.717, 1.165) is 5.56 Å². The van der Waals surface area contributed by atoms with Crippen molar-refractivity contribution in [3.8, 4) is 0 Å². The monoisotopic (exact) mass is 310 g/mol. The Morgan fingerprint density at radius 3 is 2.62 bits per heavy atom. The van der Waals surface area contributed by atoms with Crippen LogP contribution in [0.25, 0.3) is 0 Å². The molecule has 1 saturated heterocycles. The molecule has 5 nitrogen and oxygen atoms in total. The first kappa shape index (κ1) is 15.6. The number of halogens is 1. The lowest BCUT2D eigenvalue weighted by Gasteiger charge is -2.38. The fourth-order valence-electron chi connectivity index (χ4n) is 2.34. The summed E-state index contributed by atoms with van der Waals surface area (Å²) in [6.45, 7) is 3.62. The fourth-order valence-corrected chi connectivity index (χ4v) is 2.51. The molecule has 1 aromatic carbocycles. The second-order valence-corrected chi connectivity index (χ2v) is 5.32. The third kappa shape index (κ3) is 4.11. The number of hydrogen-bond donors (Lipinski definition) is 0. The molecule has 1 fully saturated rings. The van der Waals surface area contributed by atoms with Gasteiger partial charge in [0.1, 0.15) is 12.5 Å². The standard InChI is InChI=1S/C15H19ClN2O3/c1-12-10-17(14(19)9-16)7-8-18(12)15(20)21-11-13-5-3-2-4-6-13/h2-6,12H,7-11H2,1H3/t12-/m0/s1. The number of amides is 2. The van der Waals surface area contributed by atoms with Gasteiger partial charge in [-0.3, -0.25) is 4.79 Å². The van der Waals surface area contributed by atoms with Gasteiger partial charge in [0.15, 0.2) is 0 Å². The average Bonchev–Trinajstić information content (AvgIpc) is 2.52. The summed E-state index contributed by atoms with van der Waals surface area (Å²) < 4.78 is 5.32. The zero-order valence-electron chi connectivity index (χ0n) is 12.0. The quantitative estimate of drug-likeness (QED) is 0.803. The smallest absolute Gasteiger partial charge is 0.410 e. The molecular weight excluding hydrogens is 292 g/mol. The molecular formula is C15H19ClN2O3. The third-order valence-corrected chi connectivity index (χ3v) is 3.76. The summed E-state index contributed by atoms with van der Waals surface area (Å²) in [6.07, 6.45) is -0.343. The summed E-state index contributed by atoms with van der Waals surface area (Å²) in [5, 5.41) is 0. The van der Waals surface area contributed by atoms with Gasteiger partial charge in [0.05, 0.1) is 0 Å². The van der Waals surface area contributed by atoms with Crippen LogP contribution in [0.4, 0.5) is 4.79 Å². The Hall–Kier alpha value is -1.75. The molecule has 1 aliphatic rings. The van der Waals surface area contributed by atoms with Crippen molar-refractivity contribution < 1.29 is 14.3 Å². The summed E-state index contributed by atoms with van der Waals surface area (Å²) in [6, 6.07) is 9.47. The highest BCUT2D eigenvalue weighted by Crippen LogP contribution is 2.12. The van der Waals surface area contributed by atoms with Crippen molar-refractivity contribution in [3.63, 3.8) is 0 Å². The van der Waals surface area contributed by atoms with Gasteiger partial charge in [0.25, 0.3) is 0 Å². The molecule has 0 bridgehead atoms. The Bertz CT molecular complexity index is 495. The number of alkyl halides is 1. The van der Waals surface area contributed by atoms with Crippen LogP contribution in [-0.4, -0.2) is 53.4 Å². The van der Waals surface area contributed by atoms with Crippen LogP contribution in [0.1, 0.15) is 12.5 Å². The SMILES string of the molecule is C[C@H]1CN(C(=O)CCl)CCN1C(=O)OCc1ccccc1. The van der Waals surface area contributed by atoms with Gasteiger partial charge in [-0.15, -0.1) is 11.6 Å². The number of carbonyl (C=O) groups excluding carboxylic acids is 2. The topological polar surface area (TPSA) is 49.9 Å². The van der Waals surface area contributed by atoms with E-state index in [1.807, 2.05) is 37.3 Å². The first-order valence-electron chi connectivity index (χ1n) is 6.93. The summed E-state index contributed by atoms with van der Waals surface area (Å²) in [5.41, 5.74) is 0.953. The van der Waals surface area contributed by atoms with Gasteiger partial charge in [0.2, 0.25) is 5.91 Å². The van der Waals surface area contributed by atoms with E-state index in [9.17, 15) is 9.59 Å². The van der Waals surface area contributed by atoms with Crippen molar-refractivity contribution >= 4 is 23.6 Å². The Morgan fingerprint density at radius 2 is 2.00 bits per heavy atom. The maximum Gasteiger partial charge on any atom is 0.410 e. The van der Waals surface area contributed by atoms with Gasteiger partial charge in [-0.05, 0) is 12.5 Å². The molecule has 0 aromatic heterocycles. The minimum atomic E-state index is -0.343. The maximum atomic E-state index is 12.1. The van der Waals surface area contributed by atoms with Gasteiger partial charge in [-0.25, -0.2) is 4.79 Å². The lowest BCUT2D eigenvalue weighted by atomic mass is 10.2. The zero-order chi connectivity index (χ0) is 15.2. The van der Waals surface area contributed by atoms with E-state index in [1.165, 1.54) is 0 Å². The van der Waals surface area contributed by atoms with E-state index in [-0.39, 0.29) is 30.5 Å². The normalized spacial score (nSPS) is 18.5. The molecule has 2 rings (SSSR count). The lowest BCUT2D eigenvalue weighted by molar-refractivity contribution is -0.131. The Labute approximate surface area is 129 Å². The van der Waals surface area contributed by atoms with Crippen molar-refractivity contribution in [2.75, 3.05) is 25.5 Å². The molecule has 114 valence electrons.